The van der Waals surface area contributed by atoms with E-state index in [2.05, 4.69) is 20.3 Å². The number of aromatic amines is 1. The molecule has 4 heteroatoms. The molecule has 0 aliphatic heterocycles. The van der Waals surface area contributed by atoms with E-state index in [1.54, 1.807) is 0 Å². The molecule has 1 saturated carbocycles. The highest BCUT2D eigenvalue weighted by Gasteiger charge is 2.27. The molecule has 0 bridgehead atoms. The van der Waals surface area contributed by atoms with Crippen LogP contribution in [0.15, 0.2) is 12.3 Å². The van der Waals surface area contributed by atoms with Gasteiger partial charge in [0.2, 0.25) is 0 Å². The minimum atomic E-state index is 0.654. The van der Waals surface area contributed by atoms with Gasteiger partial charge < -0.3 is 10.3 Å². The van der Waals surface area contributed by atoms with Crippen LogP contribution in [0.1, 0.15) is 30.1 Å². The number of fused-ring (bicyclic) bond motifs is 1. The van der Waals surface area contributed by atoms with E-state index in [1.165, 1.54) is 18.4 Å². The average Bonchev–Trinajstić information content (AvgIpc) is 2.99. The fourth-order valence-corrected chi connectivity index (χ4v) is 1.87. The number of rotatable bonds is 3. The van der Waals surface area contributed by atoms with Crippen LogP contribution < -0.4 is 5.32 Å². The molecule has 2 N–H and O–H groups in total. The van der Waals surface area contributed by atoms with Gasteiger partial charge in [-0.2, -0.15) is 0 Å². The molecular weight excluding hydrogens is 188 g/mol. The first-order valence-corrected chi connectivity index (χ1v) is 5.36. The summed E-state index contributed by atoms with van der Waals surface area (Å²) >= 11 is 0. The fourth-order valence-electron chi connectivity index (χ4n) is 1.87. The predicted molar refractivity (Wildman–Crippen MR) is 58.6 cm³/mol. The van der Waals surface area contributed by atoms with Crippen molar-refractivity contribution < 1.29 is 0 Å². The minimum absolute atomic E-state index is 0.654. The maximum atomic E-state index is 4.52. The number of hydrogen-bond acceptors (Lipinski definition) is 3. The van der Waals surface area contributed by atoms with E-state index in [9.17, 15) is 0 Å². The maximum Gasteiger partial charge on any atom is 0.178 e. The van der Waals surface area contributed by atoms with Gasteiger partial charge in [-0.3, -0.25) is 0 Å². The summed E-state index contributed by atoms with van der Waals surface area (Å²) < 4.78 is 0. The molecule has 2 heterocycles. The Morgan fingerprint density at radius 1 is 1.53 bits per heavy atom. The molecule has 0 atom stereocenters. The smallest absolute Gasteiger partial charge is 0.178 e. The second-order valence-electron chi connectivity index (χ2n) is 4.10. The highest BCUT2D eigenvalue weighted by molar-refractivity contribution is 5.74. The van der Waals surface area contributed by atoms with Crippen molar-refractivity contribution >= 4 is 11.2 Å². The summed E-state index contributed by atoms with van der Waals surface area (Å²) in [7, 11) is 1.95. The van der Waals surface area contributed by atoms with E-state index in [0.29, 0.717) is 5.92 Å². The Labute approximate surface area is 88.1 Å². The number of aromatic nitrogens is 3. The SMILES string of the molecule is CNCc1ccnc2nc(C3CC3)[nH]c12. The molecule has 1 aliphatic rings. The van der Waals surface area contributed by atoms with E-state index in [0.717, 1.165) is 23.5 Å². The van der Waals surface area contributed by atoms with Crippen LogP contribution >= 0.6 is 0 Å². The number of nitrogens with zero attached hydrogens (tertiary/aromatic N) is 2. The van der Waals surface area contributed by atoms with E-state index < -0.39 is 0 Å². The molecule has 0 unspecified atom stereocenters. The van der Waals surface area contributed by atoms with Crippen LogP contribution in [0.4, 0.5) is 0 Å². The second-order valence-corrected chi connectivity index (χ2v) is 4.10. The lowest BCUT2D eigenvalue weighted by atomic mass is 10.2. The topological polar surface area (TPSA) is 53.6 Å². The number of nitrogens with one attached hydrogen (secondary N) is 2. The highest BCUT2D eigenvalue weighted by atomic mass is 15.0. The summed E-state index contributed by atoms with van der Waals surface area (Å²) in [6.07, 6.45) is 4.36. The number of H-pyrrole nitrogens is 1. The summed E-state index contributed by atoms with van der Waals surface area (Å²) in [5.41, 5.74) is 3.18. The molecule has 4 nitrogen and oxygen atoms in total. The van der Waals surface area contributed by atoms with Crippen LogP contribution in [0.3, 0.4) is 0 Å². The fraction of sp³-hybridized carbons (Fsp3) is 0.455. The summed E-state index contributed by atoms with van der Waals surface area (Å²) in [6.45, 7) is 0.852. The zero-order chi connectivity index (χ0) is 10.3. The number of hydrogen-bond donors (Lipinski definition) is 2. The van der Waals surface area contributed by atoms with Gasteiger partial charge in [0.05, 0.1) is 5.52 Å². The average molecular weight is 202 g/mol. The van der Waals surface area contributed by atoms with Crippen molar-refractivity contribution in [3.63, 3.8) is 0 Å². The van der Waals surface area contributed by atoms with Gasteiger partial charge in [0.25, 0.3) is 0 Å². The lowest BCUT2D eigenvalue weighted by Crippen LogP contribution is -2.05. The third-order valence-electron chi connectivity index (χ3n) is 2.83. The third-order valence-corrected chi connectivity index (χ3v) is 2.83. The summed E-state index contributed by atoms with van der Waals surface area (Å²) in [5.74, 6) is 1.77. The van der Waals surface area contributed by atoms with E-state index in [-0.39, 0.29) is 0 Å². The van der Waals surface area contributed by atoms with Gasteiger partial charge in [0, 0.05) is 18.7 Å². The Balaban J connectivity index is 2.11. The monoisotopic (exact) mass is 202 g/mol. The molecule has 1 aliphatic carbocycles. The molecular formula is C11H14N4. The molecule has 3 rings (SSSR count). The van der Waals surface area contributed by atoms with Crippen LogP contribution in [0.25, 0.3) is 11.2 Å². The molecule has 0 amide bonds. The van der Waals surface area contributed by atoms with Gasteiger partial charge in [-0.1, -0.05) is 0 Å². The zero-order valence-corrected chi connectivity index (χ0v) is 8.75. The lowest BCUT2D eigenvalue weighted by molar-refractivity contribution is 0.820. The van der Waals surface area contributed by atoms with Gasteiger partial charge >= 0.3 is 0 Å². The first-order chi connectivity index (χ1) is 7.38. The van der Waals surface area contributed by atoms with Crippen LogP contribution in [0.2, 0.25) is 0 Å². The molecule has 78 valence electrons. The lowest BCUT2D eigenvalue weighted by Gasteiger charge is -1.99. The number of pyridine rings is 1. The Hall–Kier alpha value is -1.42. The Bertz CT molecular complexity index is 484. The molecule has 0 radical (unpaired) electrons. The van der Waals surface area contributed by atoms with Crippen LogP contribution in [0.5, 0.6) is 0 Å². The summed E-state index contributed by atoms with van der Waals surface area (Å²) in [6, 6.07) is 2.04. The molecule has 0 aromatic carbocycles. The van der Waals surface area contributed by atoms with Crippen LogP contribution in [0, 0.1) is 0 Å². The van der Waals surface area contributed by atoms with Gasteiger partial charge in [0.1, 0.15) is 5.82 Å². The Morgan fingerprint density at radius 2 is 2.40 bits per heavy atom. The van der Waals surface area contributed by atoms with Crippen molar-refractivity contribution in [2.75, 3.05) is 7.05 Å². The summed E-state index contributed by atoms with van der Waals surface area (Å²) in [5, 5.41) is 3.15. The molecule has 2 aromatic rings. The minimum Gasteiger partial charge on any atom is -0.340 e. The van der Waals surface area contributed by atoms with Crippen molar-refractivity contribution in [1.29, 1.82) is 0 Å². The molecule has 0 saturated heterocycles. The quantitative estimate of drug-likeness (QED) is 0.794. The Kier molecular flexibility index (Phi) is 1.95. The van der Waals surface area contributed by atoms with Crippen molar-refractivity contribution in [3.8, 4) is 0 Å². The first-order valence-electron chi connectivity index (χ1n) is 5.36. The molecule has 15 heavy (non-hydrogen) atoms. The van der Waals surface area contributed by atoms with E-state index in [1.807, 2.05) is 19.3 Å². The predicted octanol–water partition coefficient (Wildman–Crippen LogP) is 1.55. The van der Waals surface area contributed by atoms with Gasteiger partial charge in [-0.05, 0) is 31.5 Å². The van der Waals surface area contributed by atoms with Crippen molar-refractivity contribution in [2.24, 2.45) is 0 Å². The van der Waals surface area contributed by atoms with Crippen molar-refractivity contribution in [3.05, 3.63) is 23.7 Å². The van der Waals surface area contributed by atoms with Crippen molar-refractivity contribution in [1.82, 2.24) is 20.3 Å². The third kappa shape index (κ3) is 1.51. The van der Waals surface area contributed by atoms with E-state index >= 15 is 0 Å². The van der Waals surface area contributed by atoms with Gasteiger partial charge in [-0.15, -0.1) is 0 Å². The van der Waals surface area contributed by atoms with Gasteiger partial charge in [-0.25, -0.2) is 9.97 Å². The molecule has 0 spiro atoms. The van der Waals surface area contributed by atoms with E-state index in [4.69, 9.17) is 0 Å². The largest absolute Gasteiger partial charge is 0.340 e. The van der Waals surface area contributed by atoms with Crippen LogP contribution in [-0.4, -0.2) is 22.0 Å². The summed E-state index contributed by atoms with van der Waals surface area (Å²) in [4.78, 5) is 12.2. The zero-order valence-electron chi connectivity index (χ0n) is 8.75. The second kappa shape index (κ2) is 3.31. The normalized spacial score (nSPS) is 16.1. The van der Waals surface area contributed by atoms with Crippen molar-refractivity contribution in [2.45, 2.75) is 25.3 Å². The molecule has 1 fully saturated rings. The maximum absolute atomic E-state index is 4.52. The first kappa shape index (κ1) is 8.85. The van der Waals surface area contributed by atoms with Crippen LogP contribution in [-0.2, 0) is 6.54 Å². The standard InChI is InChI=1S/C11H14N4/c1-12-6-8-4-5-13-11-9(8)14-10(15-11)7-2-3-7/h4-5,7,12H,2-3,6H2,1H3,(H,13,14,15). The molecule has 2 aromatic heterocycles. The highest BCUT2D eigenvalue weighted by Crippen LogP contribution is 2.39. The Morgan fingerprint density at radius 3 is 3.13 bits per heavy atom. The number of imidazole rings is 1. The van der Waals surface area contributed by atoms with Gasteiger partial charge in [0.15, 0.2) is 5.65 Å².